The predicted molar refractivity (Wildman–Crippen MR) is 127 cm³/mol. The highest BCUT2D eigenvalue weighted by atomic mass is 35.5. The van der Waals surface area contributed by atoms with Crippen molar-refractivity contribution in [1.82, 2.24) is 5.32 Å². The van der Waals surface area contributed by atoms with Crippen LogP contribution in [0.25, 0.3) is 11.0 Å². The number of esters is 1. The minimum atomic E-state index is -0.752. The third-order valence-electron chi connectivity index (χ3n) is 4.68. The van der Waals surface area contributed by atoms with E-state index in [0.717, 1.165) is 12.8 Å². The lowest BCUT2D eigenvalue weighted by molar-refractivity contribution is -0.134. The van der Waals surface area contributed by atoms with Crippen LogP contribution in [0.3, 0.4) is 0 Å². The Bertz CT molecular complexity index is 1210. The summed E-state index contributed by atoms with van der Waals surface area (Å²) >= 11 is 11.9. The molecule has 0 atom stereocenters. The fraction of sp³-hybridized carbons (Fsp3) is 0.292. The standard InChI is InChI=1S/C24H23Cl2NO6/c1-2-3-10-27-23(29)18-12-15-6-8-17(14-21(15)33-24(18)30)32-22(28)5-4-11-31-20-9-7-16(25)13-19(20)26/h6-9,12-14H,2-5,10-11H2,1H3,(H,27,29). The highest BCUT2D eigenvalue weighted by molar-refractivity contribution is 6.35. The molecule has 3 rings (SSSR count). The van der Waals surface area contributed by atoms with Crippen LogP contribution in [-0.2, 0) is 4.79 Å². The molecule has 2 aromatic carbocycles. The van der Waals surface area contributed by atoms with Crippen LogP contribution in [0.2, 0.25) is 10.0 Å². The first kappa shape index (κ1) is 24.6. The lowest BCUT2D eigenvalue weighted by Gasteiger charge is -2.09. The van der Waals surface area contributed by atoms with E-state index in [0.29, 0.717) is 34.1 Å². The smallest absolute Gasteiger partial charge is 0.349 e. The van der Waals surface area contributed by atoms with E-state index in [1.165, 1.54) is 12.1 Å². The molecule has 0 aliphatic heterocycles. The molecule has 0 bridgehead atoms. The summed E-state index contributed by atoms with van der Waals surface area (Å²) in [6, 6.07) is 11.0. The SMILES string of the molecule is CCCCNC(=O)c1cc2ccc(OC(=O)CCCOc3ccc(Cl)cc3Cl)cc2oc1=O. The van der Waals surface area contributed by atoms with Crippen molar-refractivity contribution < 1.29 is 23.5 Å². The van der Waals surface area contributed by atoms with Crippen molar-refractivity contribution in [2.24, 2.45) is 0 Å². The second kappa shape index (κ2) is 11.7. The molecule has 1 N–H and O–H groups in total. The molecule has 1 heterocycles. The summed E-state index contributed by atoms with van der Waals surface area (Å²) in [5.41, 5.74) is -0.599. The largest absolute Gasteiger partial charge is 0.492 e. The number of unbranched alkanes of at least 4 members (excludes halogenated alkanes) is 1. The molecule has 0 radical (unpaired) electrons. The Kier molecular flexibility index (Phi) is 8.74. The fourth-order valence-corrected chi connectivity index (χ4v) is 3.42. The van der Waals surface area contributed by atoms with Gasteiger partial charge in [-0.05, 0) is 49.2 Å². The molecule has 174 valence electrons. The Labute approximate surface area is 200 Å². The molecule has 3 aromatic rings. The molecule has 0 spiro atoms. The van der Waals surface area contributed by atoms with Crippen LogP contribution < -0.4 is 20.4 Å². The molecule has 9 heteroatoms. The quantitative estimate of drug-likeness (QED) is 0.176. The molecule has 0 saturated carbocycles. The molecule has 1 aromatic heterocycles. The van der Waals surface area contributed by atoms with Gasteiger partial charge in [0.1, 0.15) is 22.6 Å². The number of carbonyl (C=O) groups excluding carboxylic acids is 2. The molecule has 0 saturated heterocycles. The van der Waals surface area contributed by atoms with Crippen molar-refractivity contribution in [3.8, 4) is 11.5 Å². The Balaban J connectivity index is 1.55. The zero-order valence-electron chi connectivity index (χ0n) is 18.0. The summed E-state index contributed by atoms with van der Waals surface area (Å²) in [6.07, 6.45) is 2.28. The molecule has 1 amide bonds. The topological polar surface area (TPSA) is 94.8 Å². The Morgan fingerprint density at radius 2 is 1.88 bits per heavy atom. The average molecular weight is 492 g/mol. The van der Waals surface area contributed by atoms with Gasteiger partial charge in [-0.1, -0.05) is 36.5 Å². The van der Waals surface area contributed by atoms with E-state index in [1.807, 2.05) is 6.92 Å². The van der Waals surface area contributed by atoms with Crippen molar-refractivity contribution in [1.29, 1.82) is 0 Å². The summed E-state index contributed by atoms with van der Waals surface area (Å²) in [6.45, 7) is 2.76. The van der Waals surface area contributed by atoms with Gasteiger partial charge in [0, 0.05) is 29.4 Å². The number of fused-ring (bicyclic) bond motifs is 1. The first-order valence-corrected chi connectivity index (χ1v) is 11.3. The number of amides is 1. The zero-order valence-corrected chi connectivity index (χ0v) is 19.5. The summed E-state index contributed by atoms with van der Waals surface area (Å²) in [5, 5.41) is 4.14. The zero-order chi connectivity index (χ0) is 23.8. The van der Waals surface area contributed by atoms with E-state index in [9.17, 15) is 14.4 Å². The molecule has 0 aliphatic rings. The number of benzene rings is 2. The van der Waals surface area contributed by atoms with Gasteiger partial charge in [0.05, 0.1) is 11.6 Å². The van der Waals surface area contributed by atoms with Crippen LogP contribution >= 0.6 is 23.2 Å². The molecular formula is C24H23Cl2NO6. The van der Waals surface area contributed by atoms with Crippen LogP contribution in [0.5, 0.6) is 11.5 Å². The van der Waals surface area contributed by atoms with Crippen LogP contribution in [0, 0.1) is 0 Å². The van der Waals surface area contributed by atoms with Crippen LogP contribution in [0.15, 0.2) is 51.7 Å². The maximum Gasteiger partial charge on any atom is 0.349 e. The van der Waals surface area contributed by atoms with Crippen molar-refractivity contribution in [2.45, 2.75) is 32.6 Å². The second-order valence-electron chi connectivity index (χ2n) is 7.26. The Morgan fingerprint density at radius 3 is 2.64 bits per heavy atom. The monoisotopic (exact) mass is 491 g/mol. The number of halogens is 2. The number of nitrogens with one attached hydrogen (secondary N) is 1. The van der Waals surface area contributed by atoms with Gasteiger partial charge in [0.2, 0.25) is 0 Å². The van der Waals surface area contributed by atoms with E-state index in [4.69, 9.17) is 37.1 Å². The van der Waals surface area contributed by atoms with Gasteiger partial charge in [-0.15, -0.1) is 0 Å². The van der Waals surface area contributed by atoms with Gasteiger partial charge in [0.15, 0.2) is 0 Å². The average Bonchev–Trinajstić information content (AvgIpc) is 2.77. The second-order valence-corrected chi connectivity index (χ2v) is 8.10. The minimum Gasteiger partial charge on any atom is -0.492 e. The van der Waals surface area contributed by atoms with Gasteiger partial charge >= 0.3 is 11.6 Å². The molecule has 33 heavy (non-hydrogen) atoms. The van der Waals surface area contributed by atoms with Crippen molar-refractivity contribution in [3.05, 3.63) is 68.5 Å². The first-order chi connectivity index (χ1) is 15.9. The van der Waals surface area contributed by atoms with E-state index in [1.54, 1.807) is 30.3 Å². The van der Waals surface area contributed by atoms with Gasteiger partial charge in [0.25, 0.3) is 5.91 Å². The lowest BCUT2D eigenvalue weighted by Crippen LogP contribution is -2.28. The van der Waals surface area contributed by atoms with Crippen molar-refractivity contribution in [3.63, 3.8) is 0 Å². The van der Waals surface area contributed by atoms with Crippen molar-refractivity contribution >= 4 is 46.0 Å². The summed E-state index contributed by atoms with van der Waals surface area (Å²) < 4.78 is 16.1. The first-order valence-electron chi connectivity index (χ1n) is 10.5. The van der Waals surface area contributed by atoms with Crippen LogP contribution in [0.1, 0.15) is 43.0 Å². The van der Waals surface area contributed by atoms with E-state index < -0.39 is 17.5 Å². The van der Waals surface area contributed by atoms with Gasteiger partial charge < -0.3 is 19.2 Å². The Hall–Kier alpha value is -3.03. The Morgan fingerprint density at radius 1 is 1.06 bits per heavy atom. The van der Waals surface area contributed by atoms with Crippen LogP contribution in [0.4, 0.5) is 0 Å². The molecule has 7 nitrogen and oxygen atoms in total. The molecular weight excluding hydrogens is 469 g/mol. The molecule has 0 aliphatic carbocycles. The summed E-state index contributed by atoms with van der Waals surface area (Å²) in [5.74, 6) is -0.221. The van der Waals surface area contributed by atoms with Crippen molar-refractivity contribution in [2.75, 3.05) is 13.2 Å². The minimum absolute atomic E-state index is 0.0656. The fourth-order valence-electron chi connectivity index (χ4n) is 2.96. The van der Waals surface area contributed by atoms with E-state index >= 15 is 0 Å². The number of carbonyl (C=O) groups is 2. The summed E-state index contributed by atoms with van der Waals surface area (Å²) in [7, 11) is 0. The number of rotatable bonds is 10. The maximum atomic E-state index is 12.2. The van der Waals surface area contributed by atoms with E-state index in [-0.39, 0.29) is 29.9 Å². The normalized spacial score (nSPS) is 10.8. The predicted octanol–water partition coefficient (Wildman–Crippen LogP) is 5.39. The highest BCUT2D eigenvalue weighted by Gasteiger charge is 2.14. The van der Waals surface area contributed by atoms with Crippen LogP contribution in [-0.4, -0.2) is 25.0 Å². The molecule has 0 fully saturated rings. The lowest BCUT2D eigenvalue weighted by atomic mass is 10.1. The van der Waals surface area contributed by atoms with Gasteiger partial charge in [-0.25, -0.2) is 4.79 Å². The van der Waals surface area contributed by atoms with Gasteiger partial charge in [-0.2, -0.15) is 0 Å². The third kappa shape index (κ3) is 6.97. The maximum absolute atomic E-state index is 12.2. The van der Waals surface area contributed by atoms with Gasteiger partial charge in [-0.3, -0.25) is 9.59 Å². The number of hydrogen-bond acceptors (Lipinski definition) is 6. The molecule has 0 unspecified atom stereocenters. The summed E-state index contributed by atoms with van der Waals surface area (Å²) in [4.78, 5) is 36.5. The number of ether oxygens (including phenoxy) is 2. The highest BCUT2D eigenvalue weighted by Crippen LogP contribution is 2.27. The van der Waals surface area contributed by atoms with E-state index in [2.05, 4.69) is 5.32 Å². The number of hydrogen-bond donors (Lipinski definition) is 1. The third-order valence-corrected chi connectivity index (χ3v) is 5.21.